The van der Waals surface area contributed by atoms with Gasteiger partial charge in [-0.2, -0.15) is 0 Å². The fourth-order valence-corrected chi connectivity index (χ4v) is 3.10. The highest BCUT2D eigenvalue weighted by Crippen LogP contribution is 2.31. The Balaban J connectivity index is 1.84. The number of piperazine rings is 1. The number of nitrogens with zero attached hydrogens (tertiary/aromatic N) is 1. The van der Waals surface area contributed by atoms with Crippen molar-refractivity contribution in [2.24, 2.45) is 0 Å². The first-order valence-corrected chi connectivity index (χ1v) is 7.37. The third-order valence-electron chi connectivity index (χ3n) is 4.21. The number of hydrogen-bond donors (Lipinski definition) is 2. The summed E-state index contributed by atoms with van der Waals surface area (Å²) < 4.78 is 5.53. The molecule has 1 aromatic heterocycles. The van der Waals surface area contributed by atoms with E-state index in [-0.39, 0.29) is 0 Å². The number of aryl methyl sites for hydroxylation is 1. The van der Waals surface area contributed by atoms with Gasteiger partial charge in [-0.1, -0.05) is 6.07 Å². The highest BCUT2D eigenvalue weighted by molar-refractivity contribution is 5.90. The number of aromatic amines is 1. The summed E-state index contributed by atoms with van der Waals surface area (Å²) in [7, 11) is 1.75. The molecule has 20 heavy (non-hydrogen) atoms. The Morgan fingerprint density at radius 3 is 2.80 bits per heavy atom. The molecule has 0 amide bonds. The molecule has 0 radical (unpaired) electrons. The van der Waals surface area contributed by atoms with Crippen LogP contribution in [0.3, 0.4) is 0 Å². The average Bonchev–Trinajstić information content (AvgIpc) is 2.81. The van der Waals surface area contributed by atoms with Crippen molar-refractivity contribution in [2.45, 2.75) is 13.3 Å². The minimum Gasteiger partial charge on any atom is -0.496 e. The first-order chi connectivity index (χ1) is 9.79. The van der Waals surface area contributed by atoms with Gasteiger partial charge < -0.3 is 19.9 Å². The maximum absolute atomic E-state index is 5.53. The molecule has 2 N–H and O–H groups in total. The van der Waals surface area contributed by atoms with E-state index < -0.39 is 0 Å². The lowest BCUT2D eigenvalue weighted by molar-refractivity contribution is 0.244. The summed E-state index contributed by atoms with van der Waals surface area (Å²) in [5, 5.41) is 4.65. The van der Waals surface area contributed by atoms with Crippen LogP contribution in [0.15, 0.2) is 18.2 Å². The fourth-order valence-electron chi connectivity index (χ4n) is 3.10. The minimum absolute atomic E-state index is 0.974. The van der Waals surface area contributed by atoms with Gasteiger partial charge in [-0.25, -0.2) is 0 Å². The molecule has 2 heterocycles. The summed E-state index contributed by atoms with van der Waals surface area (Å²) in [5.74, 6) is 0.974. The summed E-state index contributed by atoms with van der Waals surface area (Å²) in [6, 6.07) is 6.21. The summed E-state index contributed by atoms with van der Waals surface area (Å²) in [6.07, 6.45) is 1.08. The van der Waals surface area contributed by atoms with Crippen LogP contribution in [0.25, 0.3) is 10.9 Å². The van der Waals surface area contributed by atoms with E-state index in [0.29, 0.717) is 0 Å². The normalized spacial score (nSPS) is 16.7. The van der Waals surface area contributed by atoms with Gasteiger partial charge in [0, 0.05) is 49.3 Å². The second-order valence-electron chi connectivity index (χ2n) is 5.45. The molecule has 4 heteroatoms. The molecule has 1 saturated heterocycles. The topological polar surface area (TPSA) is 40.3 Å². The van der Waals surface area contributed by atoms with Crippen molar-refractivity contribution >= 4 is 10.9 Å². The van der Waals surface area contributed by atoms with Gasteiger partial charge in [-0.05, 0) is 31.0 Å². The van der Waals surface area contributed by atoms with Gasteiger partial charge in [-0.3, -0.25) is 0 Å². The first kappa shape index (κ1) is 13.5. The molecular formula is C16H23N3O. The molecule has 0 bridgehead atoms. The van der Waals surface area contributed by atoms with Crippen LogP contribution in [-0.4, -0.2) is 49.7 Å². The fraction of sp³-hybridized carbons (Fsp3) is 0.500. The van der Waals surface area contributed by atoms with Crippen LogP contribution in [-0.2, 0) is 6.42 Å². The molecule has 0 unspecified atom stereocenters. The van der Waals surface area contributed by atoms with Crippen LogP contribution in [0.5, 0.6) is 5.75 Å². The zero-order valence-electron chi connectivity index (χ0n) is 12.3. The van der Waals surface area contributed by atoms with Crippen LogP contribution >= 0.6 is 0 Å². The predicted octanol–water partition coefficient (Wildman–Crippen LogP) is 1.93. The molecule has 0 saturated carbocycles. The van der Waals surface area contributed by atoms with Gasteiger partial charge >= 0.3 is 0 Å². The van der Waals surface area contributed by atoms with Crippen LogP contribution in [0, 0.1) is 6.92 Å². The van der Waals surface area contributed by atoms with Gasteiger partial charge in [0.2, 0.25) is 0 Å². The summed E-state index contributed by atoms with van der Waals surface area (Å²) in [6.45, 7) is 7.80. The standard InChI is InChI=1S/C16H23N3O/c1-12-13(6-9-19-10-7-17-8-11-19)16-14(18-12)4-3-5-15(16)20-2/h3-5,17-18H,6-11H2,1-2H3. The number of aromatic nitrogens is 1. The van der Waals surface area contributed by atoms with Crippen molar-refractivity contribution in [1.29, 1.82) is 0 Å². The molecule has 1 aliphatic rings. The number of methoxy groups -OCH3 is 1. The average molecular weight is 273 g/mol. The van der Waals surface area contributed by atoms with Crippen molar-refractivity contribution in [3.63, 3.8) is 0 Å². The van der Waals surface area contributed by atoms with E-state index in [1.54, 1.807) is 7.11 Å². The number of ether oxygens (including phenoxy) is 1. The summed E-state index contributed by atoms with van der Waals surface area (Å²) >= 11 is 0. The Hall–Kier alpha value is -1.52. The maximum atomic E-state index is 5.53. The SMILES string of the molecule is COc1cccc2[nH]c(C)c(CCN3CCNCC3)c12. The summed E-state index contributed by atoms with van der Waals surface area (Å²) in [4.78, 5) is 6.01. The molecule has 0 atom stereocenters. The Morgan fingerprint density at radius 1 is 1.25 bits per heavy atom. The monoisotopic (exact) mass is 273 g/mol. The maximum Gasteiger partial charge on any atom is 0.128 e. The van der Waals surface area contributed by atoms with E-state index in [4.69, 9.17) is 4.74 Å². The number of fused-ring (bicyclic) bond motifs is 1. The van der Waals surface area contributed by atoms with E-state index in [1.807, 2.05) is 12.1 Å². The van der Waals surface area contributed by atoms with Crippen LogP contribution in [0.4, 0.5) is 0 Å². The zero-order valence-corrected chi connectivity index (χ0v) is 12.3. The van der Waals surface area contributed by atoms with E-state index in [9.17, 15) is 0 Å². The Kier molecular flexibility index (Phi) is 3.94. The second-order valence-corrected chi connectivity index (χ2v) is 5.45. The zero-order chi connectivity index (χ0) is 13.9. The van der Waals surface area contributed by atoms with Gasteiger partial charge in [-0.15, -0.1) is 0 Å². The van der Waals surface area contributed by atoms with Crippen LogP contribution in [0.2, 0.25) is 0 Å². The largest absolute Gasteiger partial charge is 0.496 e. The number of benzene rings is 1. The third-order valence-corrected chi connectivity index (χ3v) is 4.21. The van der Waals surface area contributed by atoms with Gasteiger partial charge in [0.05, 0.1) is 7.11 Å². The van der Waals surface area contributed by atoms with Gasteiger partial charge in [0.25, 0.3) is 0 Å². The minimum atomic E-state index is 0.974. The first-order valence-electron chi connectivity index (χ1n) is 7.37. The Bertz CT molecular complexity index is 585. The van der Waals surface area contributed by atoms with Crippen molar-refractivity contribution in [3.05, 3.63) is 29.5 Å². The van der Waals surface area contributed by atoms with Gasteiger partial charge in [0.15, 0.2) is 0 Å². The Morgan fingerprint density at radius 2 is 2.05 bits per heavy atom. The smallest absolute Gasteiger partial charge is 0.128 e. The van der Waals surface area contributed by atoms with E-state index in [0.717, 1.165) is 44.9 Å². The van der Waals surface area contributed by atoms with Gasteiger partial charge in [0.1, 0.15) is 5.75 Å². The van der Waals surface area contributed by atoms with Crippen LogP contribution < -0.4 is 10.1 Å². The lowest BCUT2D eigenvalue weighted by Crippen LogP contribution is -2.44. The quantitative estimate of drug-likeness (QED) is 0.894. The predicted molar refractivity (Wildman–Crippen MR) is 82.6 cm³/mol. The molecule has 4 nitrogen and oxygen atoms in total. The lowest BCUT2D eigenvalue weighted by Gasteiger charge is -2.27. The molecular weight excluding hydrogens is 250 g/mol. The summed E-state index contributed by atoms with van der Waals surface area (Å²) in [5.41, 5.74) is 3.84. The van der Waals surface area contributed by atoms with Crippen molar-refractivity contribution in [1.82, 2.24) is 15.2 Å². The molecule has 2 aromatic rings. The Labute approximate surface area is 120 Å². The van der Waals surface area contributed by atoms with E-state index >= 15 is 0 Å². The molecule has 3 rings (SSSR count). The highest BCUT2D eigenvalue weighted by Gasteiger charge is 2.15. The van der Waals surface area contributed by atoms with E-state index in [2.05, 4.69) is 28.2 Å². The molecule has 0 spiro atoms. The molecule has 1 fully saturated rings. The van der Waals surface area contributed by atoms with Crippen molar-refractivity contribution in [3.8, 4) is 5.75 Å². The van der Waals surface area contributed by atoms with Crippen molar-refractivity contribution in [2.75, 3.05) is 39.8 Å². The number of nitrogens with one attached hydrogen (secondary N) is 2. The third kappa shape index (κ3) is 2.53. The lowest BCUT2D eigenvalue weighted by atomic mass is 10.1. The number of rotatable bonds is 4. The molecule has 0 aliphatic carbocycles. The second kappa shape index (κ2) is 5.85. The molecule has 1 aliphatic heterocycles. The number of hydrogen-bond acceptors (Lipinski definition) is 3. The molecule has 108 valence electrons. The molecule has 1 aromatic carbocycles. The number of H-pyrrole nitrogens is 1. The highest BCUT2D eigenvalue weighted by atomic mass is 16.5. The van der Waals surface area contributed by atoms with E-state index in [1.165, 1.54) is 22.2 Å². The van der Waals surface area contributed by atoms with Crippen molar-refractivity contribution < 1.29 is 4.74 Å². The van der Waals surface area contributed by atoms with Crippen LogP contribution in [0.1, 0.15) is 11.3 Å².